The molecule has 1 aliphatic rings. The highest BCUT2D eigenvalue weighted by atomic mass is 79.9. The van der Waals surface area contributed by atoms with Crippen molar-refractivity contribution in [2.24, 2.45) is 0 Å². The van der Waals surface area contributed by atoms with Crippen LogP contribution in [0.25, 0.3) is 0 Å². The monoisotopic (exact) mass is 398 g/mol. The lowest BCUT2D eigenvalue weighted by molar-refractivity contribution is 0.189. The van der Waals surface area contributed by atoms with E-state index in [0.717, 1.165) is 0 Å². The van der Waals surface area contributed by atoms with Gasteiger partial charge in [0.05, 0.1) is 11.8 Å². The quantitative estimate of drug-likeness (QED) is 0.739. The number of aliphatic hydroxyl groups excluding tert-OH is 1. The maximum atomic E-state index is 12.4. The zero-order chi connectivity index (χ0) is 13.5. The van der Waals surface area contributed by atoms with Crippen molar-refractivity contribution in [2.45, 2.75) is 17.4 Å². The molecule has 0 bridgehead atoms. The van der Waals surface area contributed by atoms with E-state index in [1.54, 1.807) is 12.1 Å². The van der Waals surface area contributed by atoms with E-state index in [-0.39, 0.29) is 17.1 Å². The zero-order valence-electron chi connectivity index (χ0n) is 9.31. The number of halogens is 2. The van der Waals surface area contributed by atoms with Crippen LogP contribution in [0.1, 0.15) is 6.42 Å². The molecule has 0 radical (unpaired) electrons. The van der Waals surface area contributed by atoms with Gasteiger partial charge in [-0.2, -0.15) is 4.31 Å². The van der Waals surface area contributed by atoms with Crippen molar-refractivity contribution in [1.29, 1.82) is 0 Å². The molecule has 1 fully saturated rings. The van der Waals surface area contributed by atoms with E-state index in [4.69, 9.17) is 5.73 Å². The summed E-state index contributed by atoms with van der Waals surface area (Å²) in [7, 11) is -3.67. The number of β-amino-alcohol motifs (C(OH)–C–C–N with tert-alkyl or cyclic N) is 1. The van der Waals surface area contributed by atoms with Crippen molar-refractivity contribution >= 4 is 47.6 Å². The Hall–Kier alpha value is -0.150. The summed E-state index contributed by atoms with van der Waals surface area (Å²) in [6.07, 6.45) is -0.150. The Labute approximate surface area is 122 Å². The van der Waals surface area contributed by atoms with Crippen LogP contribution < -0.4 is 5.73 Å². The Kier molecular flexibility index (Phi) is 4.03. The van der Waals surface area contributed by atoms with Crippen molar-refractivity contribution in [3.8, 4) is 0 Å². The Bertz CT molecular complexity index is 553. The van der Waals surface area contributed by atoms with Gasteiger partial charge in [-0.1, -0.05) is 15.9 Å². The minimum absolute atomic E-state index is 0.0554. The Morgan fingerprint density at radius 3 is 2.56 bits per heavy atom. The highest BCUT2D eigenvalue weighted by Crippen LogP contribution is 2.34. The summed E-state index contributed by atoms with van der Waals surface area (Å²) in [4.78, 5) is 0.0554. The predicted molar refractivity (Wildman–Crippen MR) is 75.6 cm³/mol. The molecular formula is C10H12Br2N2O3S. The Morgan fingerprint density at radius 1 is 1.39 bits per heavy atom. The third kappa shape index (κ3) is 2.57. The maximum Gasteiger partial charge on any atom is 0.246 e. The van der Waals surface area contributed by atoms with Crippen molar-refractivity contribution in [3.05, 3.63) is 21.1 Å². The van der Waals surface area contributed by atoms with Crippen molar-refractivity contribution in [1.82, 2.24) is 4.31 Å². The van der Waals surface area contributed by atoms with Crippen LogP contribution in [0, 0.1) is 0 Å². The number of hydrogen-bond acceptors (Lipinski definition) is 4. The van der Waals surface area contributed by atoms with Gasteiger partial charge in [0.15, 0.2) is 0 Å². The molecule has 2 rings (SSSR count). The molecule has 0 unspecified atom stereocenters. The lowest BCUT2D eigenvalue weighted by Gasteiger charge is -2.18. The number of nitrogens with two attached hydrogens (primary N) is 1. The lowest BCUT2D eigenvalue weighted by Crippen LogP contribution is -2.30. The van der Waals surface area contributed by atoms with E-state index in [2.05, 4.69) is 31.9 Å². The average molecular weight is 400 g/mol. The largest absolute Gasteiger partial charge is 0.398 e. The number of sulfonamides is 1. The second kappa shape index (κ2) is 5.09. The first-order valence-electron chi connectivity index (χ1n) is 5.25. The van der Waals surface area contributed by atoms with E-state index in [0.29, 0.717) is 21.9 Å². The molecular weight excluding hydrogens is 388 g/mol. The summed E-state index contributed by atoms with van der Waals surface area (Å²) in [5, 5.41) is 9.44. The van der Waals surface area contributed by atoms with Gasteiger partial charge in [-0.3, -0.25) is 0 Å². The van der Waals surface area contributed by atoms with E-state index >= 15 is 0 Å². The van der Waals surface area contributed by atoms with Crippen LogP contribution in [-0.4, -0.2) is 37.0 Å². The van der Waals surface area contributed by atoms with Gasteiger partial charge < -0.3 is 10.8 Å². The fraction of sp³-hybridized carbons (Fsp3) is 0.400. The first-order valence-corrected chi connectivity index (χ1v) is 8.27. The highest BCUT2D eigenvalue weighted by Gasteiger charge is 2.34. The second-order valence-corrected chi connectivity index (χ2v) is 7.76. The molecule has 1 atom stereocenters. The topological polar surface area (TPSA) is 83.6 Å². The molecule has 0 aromatic heterocycles. The number of nitrogens with zero attached hydrogens (tertiary/aromatic N) is 1. The smallest absolute Gasteiger partial charge is 0.246 e. The van der Waals surface area contributed by atoms with Crippen molar-refractivity contribution in [3.63, 3.8) is 0 Å². The maximum absolute atomic E-state index is 12.4. The number of rotatable bonds is 2. The second-order valence-electron chi connectivity index (χ2n) is 4.11. The van der Waals surface area contributed by atoms with E-state index in [1.807, 2.05) is 0 Å². The first kappa shape index (κ1) is 14.3. The number of hydrogen-bond donors (Lipinski definition) is 2. The number of aliphatic hydroxyl groups is 1. The van der Waals surface area contributed by atoms with Crippen LogP contribution in [0.15, 0.2) is 26.0 Å². The van der Waals surface area contributed by atoms with Crippen molar-refractivity contribution < 1.29 is 13.5 Å². The summed E-state index contributed by atoms with van der Waals surface area (Å²) in [5.41, 5.74) is 5.96. The summed E-state index contributed by atoms with van der Waals surface area (Å²) >= 11 is 6.47. The van der Waals surface area contributed by atoms with E-state index < -0.39 is 16.1 Å². The van der Waals surface area contributed by atoms with Crippen LogP contribution in [-0.2, 0) is 10.0 Å². The molecule has 0 amide bonds. The molecule has 5 nitrogen and oxygen atoms in total. The Balaban J connectivity index is 2.48. The summed E-state index contributed by atoms with van der Waals surface area (Å²) < 4.78 is 27.2. The van der Waals surface area contributed by atoms with Gasteiger partial charge in [0.2, 0.25) is 10.0 Å². The van der Waals surface area contributed by atoms with Crippen LogP contribution in [0.3, 0.4) is 0 Å². The first-order chi connectivity index (χ1) is 8.32. The molecule has 1 aromatic rings. The van der Waals surface area contributed by atoms with Crippen LogP contribution in [0.4, 0.5) is 5.69 Å². The van der Waals surface area contributed by atoms with Gasteiger partial charge >= 0.3 is 0 Å². The molecule has 100 valence electrons. The predicted octanol–water partition coefficient (Wildman–Crippen LogP) is 1.55. The average Bonchev–Trinajstić information content (AvgIpc) is 2.63. The van der Waals surface area contributed by atoms with Crippen molar-refractivity contribution in [2.75, 3.05) is 18.8 Å². The van der Waals surface area contributed by atoms with Gasteiger partial charge in [0.1, 0.15) is 4.90 Å². The zero-order valence-corrected chi connectivity index (χ0v) is 13.3. The number of nitrogen functional groups attached to an aromatic ring is 1. The minimum atomic E-state index is -3.67. The molecule has 18 heavy (non-hydrogen) atoms. The molecule has 0 spiro atoms. The van der Waals surface area contributed by atoms with Crippen LogP contribution in [0.2, 0.25) is 0 Å². The SMILES string of the molecule is Nc1cc(Br)cc(Br)c1S(=O)(=O)N1CC[C@H](O)C1. The van der Waals surface area contributed by atoms with Gasteiger partial charge in [0.25, 0.3) is 0 Å². The Morgan fingerprint density at radius 2 is 2.06 bits per heavy atom. The van der Waals surface area contributed by atoms with Gasteiger partial charge in [-0.05, 0) is 34.5 Å². The van der Waals surface area contributed by atoms with Gasteiger partial charge in [-0.15, -0.1) is 0 Å². The standard InChI is InChI=1S/C10H12Br2N2O3S/c11-6-3-8(12)10(9(13)4-6)18(16,17)14-2-1-7(15)5-14/h3-4,7,15H,1-2,5,13H2/t7-/m0/s1. The molecule has 0 saturated carbocycles. The minimum Gasteiger partial charge on any atom is -0.398 e. The lowest BCUT2D eigenvalue weighted by atomic mass is 10.3. The summed E-state index contributed by atoms with van der Waals surface area (Å²) in [6, 6.07) is 3.18. The number of anilines is 1. The molecule has 1 aromatic carbocycles. The number of benzene rings is 1. The fourth-order valence-corrected chi connectivity index (χ4v) is 5.42. The van der Waals surface area contributed by atoms with E-state index in [9.17, 15) is 13.5 Å². The van der Waals surface area contributed by atoms with Gasteiger partial charge in [0, 0.05) is 22.0 Å². The fourth-order valence-electron chi connectivity index (χ4n) is 1.91. The molecule has 8 heteroatoms. The molecule has 1 aliphatic heterocycles. The van der Waals surface area contributed by atoms with Gasteiger partial charge in [-0.25, -0.2) is 8.42 Å². The van der Waals surface area contributed by atoms with Crippen LogP contribution in [0.5, 0.6) is 0 Å². The third-order valence-electron chi connectivity index (χ3n) is 2.76. The molecule has 1 heterocycles. The van der Waals surface area contributed by atoms with E-state index in [1.165, 1.54) is 4.31 Å². The van der Waals surface area contributed by atoms with Crippen LogP contribution >= 0.6 is 31.9 Å². The molecule has 0 aliphatic carbocycles. The highest BCUT2D eigenvalue weighted by molar-refractivity contribution is 9.11. The normalized spacial score (nSPS) is 21.4. The third-order valence-corrected chi connectivity index (χ3v) is 6.09. The summed E-state index contributed by atoms with van der Waals surface area (Å²) in [6.45, 7) is 0.426. The molecule has 1 saturated heterocycles. The summed E-state index contributed by atoms with van der Waals surface area (Å²) in [5.74, 6) is 0. The molecule has 3 N–H and O–H groups in total.